The Morgan fingerprint density at radius 3 is 2.27 bits per heavy atom. The molecule has 0 spiro atoms. The summed E-state index contributed by atoms with van der Waals surface area (Å²) in [5, 5.41) is 2.72. The van der Waals surface area contributed by atoms with Crippen LogP contribution >= 0.6 is 0 Å². The van der Waals surface area contributed by atoms with Crippen LogP contribution in [0, 0.1) is 0 Å². The molecule has 1 saturated heterocycles. The fourth-order valence-corrected chi connectivity index (χ4v) is 6.18. The molecule has 0 unspecified atom stereocenters. The quantitative estimate of drug-likeness (QED) is 0.542. The molecule has 1 amide bonds. The van der Waals surface area contributed by atoms with E-state index in [1.54, 1.807) is 36.4 Å². The van der Waals surface area contributed by atoms with E-state index in [9.17, 15) is 21.6 Å². The van der Waals surface area contributed by atoms with E-state index in [2.05, 4.69) is 5.32 Å². The van der Waals surface area contributed by atoms with Crippen LogP contribution in [0.3, 0.4) is 0 Å². The minimum Gasteiger partial charge on any atom is -0.495 e. The van der Waals surface area contributed by atoms with Crippen molar-refractivity contribution in [1.29, 1.82) is 0 Å². The number of hydrogen-bond acceptors (Lipinski definition) is 6. The molecule has 3 rings (SSSR count). The van der Waals surface area contributed by atoms with Crippen LogP contribution in [0.4, 0.5) is 11.4 Å². The fourth-order valence-electron chi connectivity index (χ4n) is 3.70. The summed E-state index contributed by atoms with van der Waals surface area (Å²) in [6.07, 6.45) is 3.22. The van der Waals surface area contributed by atoms with Crippen LogP contribution in [0.15, 0.2) is 53.4 Å². The summed E-state index contributed by atoms with van der Waals surface area (Å²) >= 11 is 0. The first-order valence-electron chi connectivity index (χ1n) is 10.6. The minimum absolute atomic E-state index is 0.0923. The third kappa shape index (κ3) is 6.24. The second kappa shape index (κ2) is 10.5. The molecule has 2 aromatic carbocycles. The number of carbonyl (C=O) groups excluding carboxylic acids is 1. The van der Waals surface area contributed by atoms with Gasteiger partial charge in [0.1, 0.15) is 5.75 Å². The van der Waals surface area contributed by atoms with Crippen LogP contribution in [0.25, 0.3) is 0 Å². The molecule has 1 heterocycles. The lowest BCUT2D eigenvalue weighted by Gasteiger charge is -2.24. The number of ether oxygens (including phenoxy) is 1. The number of amides is 1. The highest BCUT2D eigenvalue weighted by molar-refractivity contribution is 7.92. The maximum atomic E-state index is 12.6. The van der Waals surface area contributed by atoms with Crippen molar-refractivity contribution in [3.63, 3.8) is 0 Å². The molecule has 1 fully saturated rings. The second-order valence-electron chi connectivity index (χ2n) is 7.79. The molecule has 11 heteroatoms. The summed E-state index contributed by atoms with van der Waals surface area (Å²) in [4.78, 5) is 12.6. The monoisotopic (exact) mass is 495 g/mol. The third-order valence-corrected chi connectivity index (χ3v) is 8.45. The van der Waals surface area contributed by atoms with Gasteiger partial charge in [-0.15, -0.1) is 0 Å². The molecule has 0 saturated carbocycles. The number of hydrogen-bond donors (Lipinski definition) is 1. The molecule has 0 bridgehead atoms. The lowest BCUT2D eigenvalue weighted by molar-refractivity contribution is -0.116. The van der Waals surface area contributed by atoms with Gasteiger partial charge in [-0.25, -0.2) is 16.8 Å². The maximum absolute atomic E-state index is 12.6. The van der Waals surface area contributed by atoms with Gasteiger partial charge in [-0.2, -0.15) is 4.31 Å². The summed E-state index contributed by atoms with van der Waals surface area (Å²) in [5.41, 5.74) is 0.891. The number of methoxy groups -OCH3 is 1. The van der Waals surface area contributed by atoms with Crippen molar-refractivity contribution >= 4 is 37.3 Å². The molecule has 0 aliphatic carbocycles. The minimum atomic E-state index is -3.57. The van der Waals surface area contributed by atoms with E-state index in [-0.39, 0.29) is 23.8 Å². The summed E-state index contributed by atoms with van der Waals surface area (Å²) in [7, 11) is -5.61. The van der Waals surface area contributed by atoms with Crippen LogP contribution in [0.5, 0.6) is 5.75 Å². The van der Waals surface area contributed by atoms with E-state index in [0.29, 0.717) is 36.6 Å². The summed E-state index contributed by atoms with van der Waals surface area (Å²) in [5.74, 6) is 0.134. The number of nitrogens with zero attached hydrogens (tertiary/aromatic N) is 2. The third-order valence-electron chi connectivity index (χ3n) is 5.36. The molecule has 2 aromatic rings. The number of anilines is 2. The highest BCUT2D eigenvalue weighted by Gasteiger charge is 2.27. The van der Waals surface area contributed by atoms with Crippen molar-refractivity contribution < 1.29 is 26.4 Å². The first-order valence-corrected chi connectivity index (χ1v) is 13.9. The topological polar surface area (TPSA) is 113 Å². The Balaban J connectivity index is 1.58. The van der Waals surface area contributed by atoms with E-state index in [1.807, 2.05) is 0 Å². The Labute approximate surface area is 195 Å². The molecule has 0 radical (unpaired) electrons. The van der Waals surface area contributed by atoms with Gasteiger partial charge in [0.05, 0.1) is 23.9 Å². The summed E-state index contributed by atoms with van der Waals surface area (Å²) in [6.45, 7) is 1.17. The van der Waals surface area contributed by atoms with E-state index in [0.717, 1.165) is 19.1 Å². The average Bonchev–Trinajstić information content (AvgIpc) is 3.32. The van der Waals surface area contributed by atoms with Crippen LogP contribution in [-0.2, 0) is 24.8 Å². The Bertz CT molecular complexity index is 1170. The first kappa shape index (κ1) is 25.0. The number of nitrogens with one attached hydrogen (secondary N) is 1. The van der Waals surface area contributed by atoms with Gasteiger partial charge >= 0.3 is 0 Å². The second-order valence-corrected chi connectivity index (χ2v) is 11.6. The van der Waals surface area contributed by atoms with E-state index < -0.39 is 20.0 Å². The maximum Gasteiger partial charge on any atom is 0.243 e. The van der Waals surface area contributed by atoms with Gasteiger partial charge < -0.3 is 10.1 Å². The highest BCUT2D eigenvalue weighted by atomic mass is 32.2. The molecule has 33 heavy (non-hydrogen) atoms. The molecule has 0 aromatic heterocycles. The van der Waals surface area contributed by atoms with Crippen molar-refractivity contribution in [2.24, 2.45) is 0 Å². The molecule has 9 nitrogen and oxygen atoms in total. The van der Waals surface area contributed by atoms with E-state index >= 15 is 0 Å². The molecule has 0 atom stereocenters. The van der Waals surface area contributed by atoms with Crippen LogP contribution in [0.2, 0.25) is 0 Å². The van der Waals surface area contributed by atoms with Crippen molar-refractivity contribution in [3.05, 3.63) is 48.5 Å². The van der Waals surface area contributed by atoms with Crippen molar-refractivity contribution in [2.75, 3.05) is 42.6 Å². The van der Waals surface area contributed by atoms with Gasteiger partial charge in [0.2, 0.25) is 26.0 Å². The zero-order chi connectivity index (χ0) is 24.1. The van der Waals surface area contributed by atoms with Gasteiger partial charge in [0.25, 0.3) is 0 Å². The van der Waals surface area contributed by atoms with Gasteiger partial charge in [-0.3, -0.25) is 9.10 Å². The predicted molar refractivity (Wildman–Crippen MR) is 127 cm³/mol. The average molecular weight is 496 g/mol. The number of sulfonamides is 2. The standard InChI is InChI=1S/C22H29N3O6S2/c1-31-21-9-4-3-8-20(21)25(32(2,27)28)17-7-10-22(26)23-18-11-13-19(14-12-18)33(29,30)24-15-5-6-16-24/h3-4,8-9,11-14H,5-7,10,15-17H2,1-2H3,(H,23,26). The van der Waals surface area contributed by atoms with Crippen molar-refractivity contribution in [1.82, 2.24) is 4.31 Å². The van der Waals surface area contributed by atoms with Gasteiger partial charge in [-0.1, -0.05) is 12.1 Å². The SMILES string of the molecule is COc1ccccc1N(CCCC(=O)Nc1ccc(S(=O)(=O)N2CCCC2)cc1)S(C)(=O)=O. The normalized spacial score (nSPS) is 14.7. The zero-order valence-corrected chi connectivity index (χ0v) is 20.4. The predicted octanol–water partition coefficient (Wildman–Crippen LogP) is 2.66. The smallest absolute Gasteiger partial charge is 0.243 e. The molecular formula is C22H29N3O6S2. The van der Waals surface area contributed by atoms with Crippen molar-refractivity contribution in [3.8, 4) is 5.75 Å². The van der Waals surface area contributed by atoms with Gasteiger partial charge in [0.15, 0.2) is 0 Å². The van der Waals surface area contributed by atoms with Gasteiger partial charge in [-0.05, 0) is 55.7 Å². The number of para-hydroxylation sites is 2. The highest BCUT2D eigenvalue weighted by Crippen LogP contribution is 2.29. The molecule has 1 aliphatic heterocycles. The van der Waals surface area contributed by atoms with E-state index in [1.165, 1.54) is 27.9 Å². The number of carbonyl (C=O) groups is 1. The van der Waals surface area contributed by atoms with Crippen LogP contribution in [-0.4, -0.2) is 60.0 Å². The Morgan fingerprint density at radius 1 is 1.03 bits per heavy atom. The zero-order valence-electron chi connectivity index (χ0n) is 18.7. The summed E-state index contributed by atoms with van der Waals surface area (Å²) in [6, 6.07) is 12.9. The molecule has 1 N–H and O–H groups in total. The van der Waals surface area contributed by atoms with E-state index in [4.69, 9.17) is 4.74 Å². The van der Waals surface area contributed by atoms with Crippen LogP contribution in [0.1, 0.15) is 25.7 Å². The van der Waals surface area contributed by atoms with Gasteiger partial charge in [0, 0.05) is 31.7 Å². The Kier molecular flexibility index (Phi) is 7.98. The number of benzene rings is 2. The number of rotatable bonds is 10. The molecular weight excluding hydrogens is 466 g/mol. The lowest BCUT2D eigenvalue weighted by atomic mass is 10.2. The van der Waals surface area contributed by atoms with Crippen LogP contribution < -0.4 is 14.4 Å². The first-order chi connectivity index (χ1) is 15.6. The Morgan fingerprint density at radius 2 is 1.67 bits per heavy atom. The largest absolute Gasteiger partial charge is 0.495 e. The Hall–Kier alpha value is -2.63. The van der Waals surface area contributed by atoms with Crippen molar-refractivity contribution in [2.45, 2.75) is 30.6 Å². The molecule has 180 valence electrons. The lowest BCUT2D eigenvalue weighted by Crippen LogP contribution is -2.31. The fraction of sp³-hybridized carbons (Fsp3) is 0.409. The summed E-state index contributed by atoms with van der Waals surface area (Å²) < 4.78 is 57.7. The molecule has 1 aliphatic rings.